The first-order valence-corrected chi connectivity index (χ1v) is 10.6. The van der Waals surface area contributed by atoms with Gasteiger partial charge in [0.2, 0.25) is 5.91 Å². The number of carbonyl (C=O) groups excluding carboxylic acids is 1. The van der Waals surface area contributed by atoms with Crippen molar-refractivity contribution in [2.45, 2.75) is 19.4 Å². The molecule has 1 heterocycles. The number of carboxylic acids is 1. The Labute approximate surface area is 192 Å². The summed E-state index contributed by atoms with van der Waals surface area (Å²) in [5, 5.41) is 9.47. The van der Waals surface area contributed by atoms with Crippen molar-refractivity contribution in [2.24, 2.45) is 0 Å². The zero-order valence-electron chi connectivity index (χ0n) is 18.7. The van der Waals surface area contributed by atoms with Crippen LogP contribution in [-0.2, 0) is 11.2 Å². The predicted molar refractivity (Wildman–Crippen MR) is 124 cm³/mol. The van der Waals surface area contributed by atoms with Gasteiger partial charge in [0.05, 0.1) is 38.9 Å². The van der Waals surface area contributed by atoms with Crippen molar-refractivity contribution in [3.63, 3.8) is 0 Å². The summed E-state index contributed by atoms with van der Waals surface area (Å²) in [6, 6.07) is 17.2. The Morgan fingerprint density at radius 2 is 1.73 bits per heavy atom. The number of hydrogen-bond donors (Lipinski definition) is 1. The van der Waals surface area contributed by atoms with Crippen molar-refractivity contribution < 1.29 is 28.9 Å². The van der Waals surface area contributed by atoms with E-state index in [1.807, 2.05) is 43.3 Å². The Bertz CT molecular complexity index is 1190. The summed E-state index contributed by atoms with van der Waals surface area (Å²) in [4.78, 5) is 26.6. The number of methoxy groups -OCH3 is 2. The average molecular weight is 447 g/mol. The highest BCUT2D eigenvalue weighted by molar-refractivity contribution is 5.99. The zero-order chi connectivity index (χ0) is 23.5. The molecule has 4 rings (SSSR count). The van der Waals surface area contributed by atoms with Crippen molar-refractivity contribution in [2.75, 3.05) is 25.7 Å². The number of rotatable bonds is 7. The van der Waals surface area contributed by atoms with Gasteiger partial charge in [0.15, 0.2) is 11.5 Å². The third kappa shape index (κ3) is 4.22. The van der Waals surface area contributed by atoms with Crippen LogP contribution in [0.5, 0.6) is 17.2 Å². The Morgan fingerprint density at radius 3 is 2.36 bits per heavy atom. The van der Waals surface area contributed by atoms with Gasteiger partial charge in [-0.2, -0.15) is 0 Å². The second-order valence-corrected chi connectivity index (χ2v) is 7.61. The number of aromatic carboxylic acids is 1. The maximum absolute atomic E-state index is 13.4. The number of carboxylic acid groups (broad SMARTS) is 1. The topological polar surface area (TPSA) is 85.3 Å². The number of ether oxygens (including phenoxy) is 3. The van der Waals surface area contributed by atoms with Crippen molar-refractivity contribution in [1.29, 1.82) is 0 Å². The first kappa shape index (κ1) is 22.2. The summed E-state index contributed by atoms with van der Waals surface area (Å²) in [7, 11) is 3.13. The molecule has 7 nitrogen and oxygen atoms in total. The van der Waals surface area contributed by atoms with E-state index in [0.29, 0.717) is 23.8 Å². The van der Waals surface area contributed by atoms with Gasteiger partial charge in [0.1, 0.15) is 5.75 Å². The largest absolute Gasteiger partial charge is 0.494 e. The molecule has 0 aromatic heterocycles. The fraction of sp³-hybridized carbons (Fsp3) is 0.231. The summed E-state index contributed by atoms with van der Waals surface area (Å²) in [5.41, 5.74) is 3.21. The summed E-state index contributed by atoms with van der Waals surface area (Å²) in [5.74, 6) is 0.647. The molecule has 1 atom stereocenters. The lowest BCUT2D eigenvalue weighted by Gasteiger charge is -2.38. The molecule has 0 spiro atoms. The minimum atomic E-state index is -1.05. The molecule has 170 valence electrons. The molecule has 33 heavy (non-hydrogen) atoms. The van der Waals surface area contributed by atoms with Crippen LogP contribution in [0.15, 0.2) is 60.7 Å². The Hall–Kier alpha value is -4.00. The van der Waals surface area contributed by atoms with Crippen LogP contribution in [0.3, 0.4) is 0 Å². The SMILES string of the molecule is CCOc1ccc(C2c3cc(OC)c(OC)cc3CC(=O)N2c2cccc(C(=O)O)c2)cc1. The van der Waals surface area contributed by atoms with Crippen molar-refractivity contribution in [3.8, 4) is 17.2 Å². The highest BCUT2D eigenvalue weighted by Gasteiger charge is 2.36. The molecule has 7 heteroatoms. The summed E-state index contributed by atoms with van der Waals surface area (Å²) < 4.78 is 16.5. The number of fused-ring (bicyclic) bond motifs is 1. The molecule has 1 unspecified atom stereocenters. The minimum Gasteiger partial charge on any atom is -0.494 e. The molecule has 0 bridgehead atoms. The van der Waals surface area contributed by atoms with E-state index in [1.54, 1.807) is 31.3 Å². The van der Waals surface area contributed by atoms with Crippen LogP contribution in [0.4, 0.5) is 5.69 Å². The molecular formula is C26H25NO6. The molecule has 0 saturated carbocycles. The van der Waals surface area contributed by atoms with Crippen molar-refractivity contribution in [3.05, 3.63) is 82.9 Å². The van der Waals surface area contributed by atoms with E-state index >= 15 is 0 Å². The monoisotopic (exact) mass is 447 g/mol. The van der Waals surface area contributed by atoms with Crippen LogP contribution in [0.1, 0.15) is 40.0 Å². The smallest absolute Gasteiger partial charge is 0.335 e. The van der Waals surface area contributed by atoms with Gasteiger partial charge in [-0.15, -0.1) is 0 Å². The highest BCUT2D eigenvalue weighted by Crippen LogP contribution is 2.43. The molecule has 0 saturated heterocycles. The molecule has 0 radical (unpaired) electrons. The molecule has 1 aliphatic rings. The van der Waals surface area contributed by atoms with Crippen LogP contribution in [0.2, 0.25) is 0 Å². The third-order valence-corrected chi connectivity index (χ3v) is 5.69. The Balaban J connectivity index is 1.91. The molecule has 3 aromatic carbocycles. The first-order valence-electron chi connectivity index (χ1n) is 10.6. The second-order valence-electron chi connectivity index (χ2n) is 7.61. The standard InChI is InChI=1S/C26H25NO6/c1-4-33-20-10-8-16(9-11-20)25-21-15-23(32-3)22(31-2)13-18(21)14-24(28)27(25)19-7-5-6-17(12-19)26(29)30/h5-13,15,25H,4,14H2,1-3H3,(H,29,30). The molecule has 1 aliphatic heterocycles. The van der Waals surface area contributed by atoms with Crippen LogP contribution in [0.25, 0.3) is 0 Å². The maximum Gasteiger partial charge on any atom is 0.335 e. The van der Waals surface area contributed by atoms with E-state index in [1.165, 1.54) is 12.1 Å². The van der Waals surface area contributed by atoms with Gasteiger partial charge in [-0.25, -0.2) is 4.79 Å². The number of anilines is 1. The van der Waals surface area contributed by atoms with Crippen LogP contribution >= 0.6 is 0 Å². The van der Waals surface area contributed by atoms with Gasteiger partial charge in [-0.05, 0) is 66.1 Å². The minimum absolute atomic E-state index is 0.115. The summed E-state index contributed by atoms with van der Waals surface area (Å²) in [6.07, 6.45) is 0.153. The van der Waals surface area contributed by atoms with E-state index in [2.05, 4.69) is 0 Å². The van der Waals surface area contributed by atoms with E-state index in [0.717, 1.165) is 22.4 Å². The predicted octanol–water partition coefficient (Wildman–Crippen LogP) is 4.48. The van der Waals surface area contributed by atoms with Crippen molar-refractivity contribution in [1.82, 2.24) is 0 Å². The first-order chi connectivity index (χ1) is 16.0. The van der Waals surface area contributed by atoms with E-state index in [9.17, 15) is 14.7 Å². The molecule has 3 aromatic rings. The fourth-order valence-electron chi connectivity index (χ4n) is 4.20. The van der Waals surface area contributed by atoms with Crippen molar-refractivity contribution >= 4 is 17.6 Å². The molecular weight excluding hydrogens is 422 g/mol. The summed E-state index contributed by atoms with van der Waals surface area (Å²) >= 11 is 0. The summed E-state index contributed by atoms with van der Waals surface area (Å²) in [6.45, 7) is 2.47. The lowest BCUT2D eigenvalue weighted by molar-refractivity contribution is -0.118. The van der Waals surface area contributed by atoms with Gasteiger partial charge < -0.3 is 24.2 Å². The average Bonchev–Trinajstić information content (AvgIpc) is 2.83. The van der Waals surface area contributed by atoms with Crippen LogP contribution < -0.4 is 19.1 Å². The van der Waals surface area contributed by atoms with Gasteiger partial charge in [0, 0.05) is 5.69 Å². The molecule has 1 amide bonds. The van der Waals surface area contributed by atoms with E-state index < -0.39 is 12.0 Å². The lowest BCUT2D eigenvalue weighted by Crippen LogP contribution is -2.41. The van der Waals surface area contributed by atoms with E-state index in [-0.39, 0.29) is 17.9 Å². The van der Waals surface area contributed by atoms with Gasteiger partial charge in [0.25, 0.3) is 0 Å². The quantitative estimate of drug-likeness (QED) is 0.575. The number of nitrogens with zero attached hydrogens (tertiary/aromatic N) is 1. The van der Waals surface area contributed by atoms with Crippen LogP contribution in [-0.4, -0.2) is 37.8 Å². The number of amides is 1. The van der Waals surface area contributed by atoms with Gasteiger partial charge in [-0.3, -0.25) is 4.79 Å². The highest BCUT2D eigenvalue weighted by atomic mass is 16.5. The third-order valence-electron chi connectivity index (χ3n) is 5.69. The zero-order valence-corrected chi connectivity index (χ0v) is 18.7. The van der Waals surface area contributed by atoms with Gasteiger partial charge >= 0.3 is 5.97 Å². The normalized spacial score (nSPS) is 15.1. The van der Waals surface area contributed by atoms with E-state index in [4.69, 9.17) is 14.2 Å². The number of hydrogen-bond acceptors (Lipinski definition) is 5. The molecule has 0 fully saturated rings. The Morgan fingerprint density at radius 1 is 1.03 bits per heavy atom. The number of carbonyl (C=O) groups is 2. The molecule has 1 N–H and O–H groups in total. The Kier molecular flexibility index (Phi) is 6.22. The van der Waals surface area contributed by atoms with Crippen LogP contribution in [0, 0.1) is 0 Å². The fourth-order valence-corrected chi connectivity index (χ4v) is 4.20. The lowest BCUT2D eigenvalue weighted by atomic mass is 9.86. The molecule has 0 aliphatic carbocycles. The van der Waals surface area contributed by atoms with Gasteiger partial charge in [-0.1, -0.05) is 18.2 Å². The number of benzene rings is 3. The second kappa shape index (κ2) is 9.24. The maximum atomic E-state index is 13.4.